The van der Waals surface area contributed by atoms with Gasteiger partial charge in [0.15, 0.2) is 10.6 Å². The van der Waals surface area contributed by atoms with Gasteiger partial charge in [0, 0.05) is 43.8 Å². The fraction of sp³-hybridized carbons (Fsp3) is 0.300. The summed E-state index contributed by atoms with van der Waals surface area (Å²) in [6, 6.07) is 14.5. The number of nitrogens with zero attached hydrogens (tertiary/aromatic N) is 5. The first-order valence-electron chi connectivity index (χ1n) is 9.14. The van der Waals surface area contributed by atoms with Crippen molar-refractivity contribution in [1.82, 2.24) is 19.2 Å². The molecule has 28 heavy (non-hydrogen) atoms. The van der Waals surface area contributed by atoms with Gasteiger partial charge in [0.25, 0.3) is 0 Å². The Morgan fingerprint density at radius 2 is 1.71 bits per heavy atom. The molecule has 0 spiro atoms. The van der Waals surface area contributed by atoms with Crippen molar-refractivity contribution < 1.29 is 4.39 Å². The predicted molar refractivity (Wildman–Crippen MR) is 113 cm³/mol. The number of benzene rings is 2. The van der Waals surface area contributed by atoms with Crippen molar-refractivity contribution in [3.8, 4) is 11.4 Å². The molecule has 8 heteroatoms. The largest absolute Gasteiger partial charge is 0.367 e. The number of piperazine rings is 1. The van der Waals surface area contributed by atoms with Gasteiger partial charge >= 0.3 is 0 Å². The van der Waals surface area contributed by atoms with Gasteiger partial charge in [0.1, 0.15) is 5.82 Å². The average Bonchev–Trinajstić information content (AvgIpc) is 2.98. The molecule has 5 nitrogen and oxygen atoms in total. The highest BCUT2D eigenvalue weighted by atomic mass is 35.5. The van der Waals surface area contributed by atoms with Gasteiger partial charge in [0.05, 0.1) is 12.4 Å². The molecular weight excluding hydrogens is 397 g/mol. The van der Waals surface area contributed by atoms with Crippen LogP contribution in [-0.4, -0.2) is 45.4 Å². The van der Waals surface area contributed by atoms with Gasteiger partial charge in [-0.1, -0.05) is 23.7 Å². The maximum absolute atomic E-state index is 14.0. The number of rotatable bonds is 4. The van der Waals surface area contributed by atoms with E-state index in [1.807, 2.05) is 52.7 Å². The van der Waals surface area contributed by atoms with E-state index in [2.05, 4.69) is 9.80 Å². The van der Waals surface area contributed by atoms with Crippen LogP contribution in [0.25, 0.3) is 11.4 Å². The summed E-state index contributed by atoms with van der Waals surface area (Å²) in [4.78, 5) is 4.37. The monoisotopic (exact) mass is 417 g/mol. The molecule has 0 aliphatic carbocycles. The Morgan fingerprint density at radius 3 is 2.39 bits per heavy atom. The second-order valence-corrected chi connectivity index (χ2v) is 7.67. The van der Waals surface area contributed by atoms with Gasteiger partial charge in [-0.25, -0.2) is 9.07 Å². The third-order valence-electron chi connectivity index (χ3n) is 5.04. The fourth-order valence-electron chi connectivity index (χ4n) is 3.46. The molecule has 3 aromatic rings. The standard InChI is InChI=1S/C20H21ClFN5S/c1-24-19(15-6-8-16(21)9-7-15)23-27(20(24)28)14-25-10-12-26(13-11-25)18-5-3-2-4-17(18)22/h2-9H,10-14H2,1H3. The smallest absolute Gasteiger partial charge is 0.199 e. The van der Waals surface area contributed by atoms with Crippen LogP contribution in [0.4, 0.5) is 10.1 Å². The molecule has 0 unspecified atom stereocenters. The molecule has 0 amide bonds. The van der Waals surface area contributed by atoms with Crippen LogP contribution in [0.5, 0.6) is 0 Å². The molecule has 2 aromatic carbocycles. The van der Waals surface area contributed by atoms with Crippen LogP contribution < -0.4 is 4.90 Å². The zero-order valence-electron chi connectivity index (χ0n) is 15.6. The molecule has 1 aliphatic heterocycles. The lowest BCUT2D eigenvalue weighted by Crippen LogP contribution is -2.47. The summed E-state index contributed by atoms with van der Waals surface area (Å²) < 4.78 is 18.4. The second-order valence-electron chi connectivity index (χ2n) is 6.87. The van der Waals surface area contributed by atoms with Crippen molar-refractivity contribution in [2.75, 3.05) is 31.1 Å². The molecule has 2 heterocycles. The van der Waals surface area contributed by atoms with Crippen LogP contribution in [0.1, 0.15) is 0 Å². The van der Waals surface area contributed by atoms with Crippen LogP contribution >= 0.6 is 23.8 Å². The third-order valence-corrected chi connectivity index (χ3v) is 5.78. The summed E-state index contributed by atoms with van der Waals surface area (Å²) in [5.74, 6) is 0.641. The molecule has 0 N–H and O–H groups in total. The van der Waals surface area contributed by atoms with Gasteiger partial charge < -0.3 is 9.47 Å². The summed E-state index contributed by atoms with van der Waals surface area (Å²) in [5, 5.41) is 5.40. The Balaban J connectivity index is 1.46. The first-order chi connectivity index (χ1) is 13.5. The summed E-state index contributed by atoms with van der Waals surface area (Å²) in [5.41, 5.74) is 1.64. The zero-order valence-corrected chi connectivity index (χ0v) is 17.1. The quantitative estimate of drug-likeness (QED) is 0.595. The SMILES string of the molecule is Cn1c(-c2ccc(Cl)cc2)nn(CN2CCN(c3ccccc3F)CC2)c1=S. The van der Waals surface area contributed by atoms with Gasteiger partial charge in [-0.3, -0.25) is 4.90 Å². The van der Waals surface area contributed by atoms with E-state index < -0.39 is 0 Å². The number of halogens is 2. The minimum absolute atomic E-state index is 0.171. The molecule has 1 aromatic heterocycles. The molecule has 0 bridgehead atoms. The summed E-state index contributed by atoms with van der Waals surface area (Å²) >= 11 is 11.6. The van der Waals surface area contributed by atoms with Crippen molar-refractivity contribution >= 4 is 29.5 Å². The number of aromatic nitrogens is 3. The Labute approximate surface area is 173 Å². The minimum atomic E-state index is -0.171. The van der Waals surface area contributed by atoms with Gasteiger partial charge in [0.2, 0.25) is 0 Å². The van der Waals surface area contributed by atoms with Crippen molar-refractivity contribution in [3.63, 3.8) is 0 Å². The van der Waals surface area contributed by atoms with Crippen LogP contribution in [0, 0.1) is 10.6 Å². The Hall–Kier alpha value is -2.22. The number of para-hydroxylation sites is 1. The molecule has 0 atom stereocenters. The van der Waals surface area contributed by atoms with Crippen LogP contribution in [0.3, 0.4) is 0 Å². The van der Waals surface area contributed by atoms with E-state index in [0.29, 0.717) is 22.1 Å². The van der Waals surface area contributed by atoms with Gasteiger partial charge in [-0.05, 0) is 48.6 Å². The molecule has 1 fully saturated rings. The Bertz CT molecular complexity index is 1020. The highest BCUT2D eigenvalue weighted by molar-refractivity contribution is 7.71. The van der Waals surface area contributed by atoms with E-state index in [1.165, 1.54) is 6.07 Å². The molecule has 0 radical (unpaired) electrons. The number of hydrogen-bond acceptors (Lipinski definition) is 4. The maximum Gasteiger partial charge on any atom is 0.199 e. The first-order valence-corrected chi connectivity index (χ1v) is 9.93. The highest BCUT2D eigenvalue weighted by Crippen LogP contribution is 2.22. The summed E-state index contributed by atoms with van der Waals surface area (Å²) in [6.45, 7) is 3.80. The van der Waals surface area contributed by atoms with E-state index in [9.17, 15) is 4.39 Å². The molecule has 0 saturated carbocycles. The number of anilines is 1. The van der Waals surface area contributed by atoms with Crippen LogP contribution in [-0.2, 0) is 13.7 Å². The lowest BCUT2D eigenvalue weighted by atomic mass is 10.2. The highest BCUT2D eigenvalue weighted by Gasteiger charge is 2.20. The van der Waals surface area contributed by atoms with Crippen molar-refractivity contribution in [2.45, 2.75) is 6.67 Å². The Morgan fingerprint density at radius 1 is 1.04 bits per heavy atom. The van der Waals surface area contributed by atoms with Crippen LogP contribution in [0.2, 0.25) is 5.02 Å². The minimum Gasteiger partial charge on any atom is -0.367 e. The molecule has 1 saturated heterocycles. The fourth-order valence-corrected chi connectivity index (χ4v) is 3.77. The lowest BCUT2D eigenvalue weighted by Gasteiger charge is -2.35. The van der Waals surface area contributed by atoms with Crippen molar-refractivity contribution in [3.05, 3.63) is 64.1 Å². The molecule has 146 valence electrons. The van der Waals surface area contributed by atoms with Gasteiger partial charge in [-0.2, -0.15) is 5.10 Å². The van der Waals surface area contributed by atoms with Crippen molar-refractivity contribution in [1.29, 1.82) is 0 Å². The van der Waals surface area contributed by atoms with E-state index in [4.69, 9.17) is 28.9 Å². The van der Waals surface area contributed by atoms with Gasteiger partial charge in [-0.15, -0.1) is 0 Å². The summed E-state index contributed by atoms with van der Waals surface area (Å²) in [7, 11) is 1.92. The van der Waals surface area contributed by atoms with Crippen molar-refractivity contribution in [2.24, 2.45) is 7.05 Å². The summed E-state index contributed by atoms with van der Waals surface area (Å²) in [6.07, 6.45) is 0. The average molecular weight is 418 g/mol. The lowest BCUT2D eigenvalue weighted by molar-refractivity contribution is 0.194. The third kappa shape index (κ3) is 3.83. The molecular formula is C20H21ClFN5S. The van der Waals surface area contributed by atoms with E-state index in [-0.39, 0.29) is 5.82 Å². The topological polar surface area (TPSA) is 29.2 Å². The van der Waals surface area contributed by atoms with Crippen LogP contribution in [0.15, 0.2) is 48.5 Å². The Kier molecular flexibility index (Phi) is 5.48. The normalized spacial score (nSPS) is 15.2. The van der Waals surface area contributed by atoms with E-state index >= 15 is 0 Å². The molecule has 4 rings (SSSR count). The maximum atomic E-state index is 14.0. The first kappa shape index (κ1) is 19.1. The zero-order chi connectivity index (χ0) is 19.7. The number of hydrogen-bond donors (Lipinski definition) is 0. The second kappa shape index (κ2) is 8.03. The van der Waals surface area contributed by atoms with E-state index in [0.717, 1.165) is 37.6 Å². The molecule has 1 aliphatic rings. The predicted octanol–water partition coefficient (Wildman–Crippen LogP) is 4.19. The van der Waals surface area contributed by atoms with E-state index in [1.54, 1.807) is 6.07 Å².